The molecule has 0 heterocycles. The number of ether oxygens (including phenoxy) is 1. The van der Waals surface area contributed by atoms with Crippen LogP contribution in [0.5, 0.6) is 0 Å². The summed E-state index contributed by atoms with van der Waals surface area (Å²) in [4.78, 5) is 22.0. The lowest BCUT2D eigenvalue weighted by atomic mass is 10.1. The summed E-state index contributed by atoms with van der Waals surface area (Å²) in [6.07, 6.45) is 2.62. The summed E-state index contributed by atoms with van der Waals surface area (Å²) in [5.41, 5.74) is 1.43. The number of hydrogen-bond acceptors (Lipinski definition) is 6. The van der Waals surface area contributed by atoms with Gasteiger partial charge >= 0.3 is 5.97 Å². The number of carbonyl (C=O) groups is 1. The topological polar surface area (TPSA) is 102 Å². The Balaban J connectivity index is 2.29. The number of hydrogen-bond donors (Lipinski definition) is 2. The van der Waals surface area contributed by atoms with E-state index in [1.807, 2.05) is 30.3 Å². The monoisotopic (exact) mass is 342 g/mol. The van der Waals surface area contributed by atoms with Crippen molar-refractivity contribution in [3.05, 3.63) is 75.8 Å². The Morgan fingerprint density at radius 2 is 2.04 bits per heavy atom. The zero-order valence-corrected chi connectivity index (χ0v) is 13.6. The van der Waals surface area contributed by atoms with E-state index in [-0.39, 0.29) is 18.0 Å². The quantitative estimate of drug-likeness (QED) is 0.347. The van der Waals surface area contributed by atoms with Gasteiger partial charge in [0.2, 0.25) is 0 Å². The van der Waals surface area contributed by atoms with Gasteiger partial charge in [-0.05, 0) is 23.3 Å². The smallest absolute Gasteiger partial charge is 0.330 e. The molecule has 130 valence electrons. The lowest BCUT2D eigenvalue weighted by Crippen LogP contribution is -2.15. The molecule has 2 rings (SSSR count). The van der Waals surface area contributed by atoms with Crippen LogP contribution in [-0.4, -0.2) is 29.7 Å². The van der Waals surface area contributed by atoms with Crippen molar-refractivity contribution in [2.24, 2.45) is 0 Å². The molecule has 0 spiro atoms. The average molecular weight is 342 g/mol. The van der Waals surface area contributed by atoms with Crippen molar-refractivity contribution in [1.82, 2.24) is 0 Å². The molecule has 0 bridgehead atoms. The van der Waals surface area contributed by atoms with Crippen molar-refractivity contribution < 1.29 is 19.6 Å². The van der Waals surface area contributed by atoms with Crippen molar-refractivity contribution in [3.8, 4) is 0 Å². The number of aliphatic hydroxyl groups is 1. The fourth-order valence-corrected chi connectivity index (χ4v) is 2.27. The summed E-state index contributed by atoms with van der Waals surface area (Å²) < 4.78 is 4.49. The molecule has 1 atom stereocenters. The van der Waals surface area contributed by atoms with Crippen LogP contribution in [0.15, 0.2) is 54.6 Å². The number of benzene rings is 2. The molecule has 0 saturated carbocycles. The van der Waals surface area contributed by atoms with Gasteiger partial charge in [-0.2, -0.15) is 0 Å². The normalized spacial score (nSPS) is 11.9. The maximum atomic E-state index is 11.4. The predicted octanol–water partition coefficient (Wildman–Crippen LogP) is 2.93. The van der Waals surface area contributed by atoms with Gasteiger partial charge in [-0.3, -0.25) is 10.1 Å². The number of aliphatic hydroxyl groups excluding tert-OH is 1. The maximum Gasteiger partial charge on any atom is 0.330 e. The van der Waals surface area contributed by atoms with Gasteiger partial charge in [0, 0.05) is 12.1 Å². The van der Waals surface area contributed by atoms with E-state index >= 15 is 0 Å². The molecule has 1 unspecified atom stereocenters. The van der Waals surface area contributed by atoms with E-state index in [1.54, 1.807) is 12.1 Å². The summed E-state index contributed by atoms with van der Waals surface area (Å²) in [6.45, 7) is -0.217. The number of anilines is 1. The van der Waals surface area contributed by atoms with E-state index in [0.29, 0.717) is 5.56 Å². The highest BCUT2D eigenvalue weighted by atomic mass is 16.6. The third-order valence-electron chi connectivity index (χ3n) is 3.55. The second-order valence-electron chi connectivity index (χ2n) is 5.18. The average Bonchev–Trinajstić information content (AvgIpc) is 2.65. The van der Waals surface area contributed by atoms with Gasteiger partial charge < -0.3 is 15.2 Å². The van der Waals surface area contributed by atoms with Crippen LogP contribution in [0, 0.1) is 10.1 Å². The minimum Gasteiger partial charge on any atom is -0.466 e. The fourth-order valence-electron chi connectivity index (χ4n) is 2.27. The summed E-state index contributed by atoms with van der Waals surface area (Å²) in [7, 11) is 1.25. The van der Waals surface area contributed by atoms with Gasteiger partial charge in [-0.25, -0.2) is 4.79 Å². The van der Waals surface area contributed by atoms with E-state index in [1.165, 1.54) is 25.3 Å². The third kappa shape index (κ3) is 4.89. The Hall–Kier alpha value is -3.19. The lowest BCUT2D eigenvalue weighted by Gasteiger charge is -2.18. The van der Waals surface area contributed by atoms with Gasteiger partial charge in [-0.1, -0.05) is 36.4 Å². The molecule has 0 fully saturated rings. The predicted molar refractivity (Wildman–Crippen MR) is 94.0 cm³/mol. The molecule has 2 N–H and O–H groups in total. The molecule has 0 radical (unpaired) electrons. The molecular weight excluding hydrogens is 324 g/mol. The lowest BCUT2D eigenvalue weighted by molar-refractivity contribution is -0.384. The zero-order chi connectivity index (χ0) is 18.2. The van der Waals surface area contributed by atoms with Crippen molar-refractivity contribution in [3.63, 3.8) is 0 Å². The van der Waals surface area contributed by atoms with Crippen LogP contribution >= 0.6 is 0 Å². The van der Waals surface area contributed by atoms with Crippen LogP contribution in [0.1, 0.15) is 17.2 Å². The van der Waals surface area contributed by atoms with Gasteiger partial charge in [0.05, 0.1) is 24.7 Å². The van der Waals surface area contributed by atoms with Crippen LogP contribution in [-0.2, 0) is 9.53 Å². The van der Waals surface area contributed by atoms with Crippen LogP contribution in [0.4, 0.5) is 11.4 Å². The Morgan fingerprint density at radius 3 is 2.64 bits per heavy atom. The molecule has 0 aliphatic heterocycles. The number of nitro groups is 1. The van der Waals surface area contributed by atoms with E-state index in [2.05, 4.69) is 10.1 Å². The molecule has 2 aromatic carbocycles. The number of nitrogens with one attached hydrogen (secondary N) is 1. The molecular formula is C18H18N2O5. The molecule has 0 aromatic heterocycles. The number of nitrogens with zero attached hydrogens (tertiary/aromatic N) is 1. The Kier molecular flexibility index (Phi) is 6.25. The second kappa shape index (κ2) is 8.60. The van der Waals surface area contributed by atoms with Crippen LogP contribution < -0.4 is 5.32 Å². The maximum absolute atomic E-state index is 11.4. The number of methoxy groups -OCH3 is 1. The Morgan fingerprint density at radius 1 is 1.32 bits per heavy atom. The second-order valence-corrected chi connectivity index (χ2v) is 5.18. The van der Waals surface area contributed by atoms with Crippen LogP contribution in [0.2, 0.25) is 0 Å². The summed E-state index contributed by atoms with van der Waals surface area (Å²) in [5.74, 6) is -0.547. The standard InChI is InChI=1S/C18H18N2O5/c1-25-18(22)10-8-13-7-9-15(17(11-13)20(23)24)19-16(12-21)14-5-3-2-4-6-14/h2-11,16,19,21H,12H2,1H3/b10-8+. The third-order valence-corrected chi connectivity index (χ3v) is 3.55. The minimum atomic E-state index is -0.547. The summed E-state index contributed by atoms with van der Waals surface area (Å²) in [5, 5.41) is 24.0. The highest BCUT2D eigenvalue weighted by molar-refractivity contribution is 5.87. The Bertz CT molecular complexity index is 774. The van der Waals surface area contributed by atoms with Crippen LogP contribution in [0.3, 0.4) is 0 Å². The first-order valence-corrected chi connectivity index (χ1v) is 7.52. The van der Waals surface area contributed by atoms with E-state index in [0.717, 1.165) is 5.56 Å². The number of nitro benzene ring substituents is 1. The first-order chi connectivity index (χ1) is 12.0. The first kappa shape index (κ1) is 18.2. The highest BCUT2D eigenvalue weighted by Crippen LogP contribution is 2.29. The van der Waals surface area contributed by atoms with Gasteiger partial charge in [0.25, 0.3) is 5.69 Å². The van der Waals surface area contributed by atoms with Gasteiger partial charge in [0.1, 0.15) is 5.69 Å². The highest BCUT2D eigenvalue weighted by Gasteiger charge is 2.18. The van der Waals surface area contributed by atoms with Crippen molar-refractivity contribution in [2.45, 2.75) is 6.04 Å². The van der Waals surface area contributed by atoms with Gasteiger partial charge in [-0.15, -0.1) is 0 Å². The molecule has 2 aromatic rings. The Labute approximate surface area is 144 Å². The van der Waals surface area contributed by atoms with E-state index in [9.17, 15) is 20.0 Å². The zero-order valence-electron chi connectivity index (χ0n) is 13.6. The molecule has 7 heteroatoms. The number of carbonyl (C=O) groups excluding carboxylic acids is 1. The number of rotatable bonds is 7. The molecule has 25 heavy (non-hydrogen) atoms. The van der Waals surface area contributed by atoms with Crippen molar-refractivity contribution in [1.29, 1.82) is 0 Å². The number of esters is 1. The van der Waals surface area contributed by atoms with Crippen molar-refractivity contribution in [2.75, 3.05) is 19.0 Å². The van der Waals surface area contributed by atoms with E-state index < -0.39 is 16.9 Å². The molecule has 0 saturated heterocycles. The van der Waals surface area contributed by atoms with E-state index in [4.69, 9.17) is 0 Å². The summed E-state index contributed by atoms with van der Waals surface area (Å²) in [6, 6.07) is 13.2. The molecule has 0 amide bonds. The fraction of sp³-hybridized carbons (Fsp3) is 0.167. The SMILES string of the molecule is COC(=O)/C=C/c1ccc(NC(CO)c2ccccc2)c([N+](=O)[O-])c1. The van der Waals surface area contributed by atoms with Gasteiger partial charge in [0.15, 0.2) is 0 Å². The summed E-state index contributed by atoms with van der Waals surface area (Å²) >= 11 is 0. The largest absolute Gasteiger partial charge is 0.466 e. The minimum absolute atomic E-state index is 0.151. The molecule has 7 nitrogen and oxygen atoms in total. The van der Waals surface area contributed by atoms with Crippen molar-refractivity contribution >= 4 is 23.4 Å². The molecule has 0 aliphatic rings. The first-order valence-electron chi connectivity index (χ1n) is 7.52. The van der Waals surface area contributed by atoms with Crippen LogP contribution in [0.25, 0.3) is 6.08 Å². The molecule has 0 aliphatic carbocycles.